The first-order valence-electron chi connectivity index (χ1n) is 13.7. The lowest BCUT2D eigenvalue weighted by atomic mass is 9.85. The van der Waals surface area contributed by atoms with Crippen molar-refractivity contribution in [3.05, 3.63) is 89.5 Å². The van der Waals surface area contributed by atoms with Crippen LogP contribution in [0.5, 0.6) is 17.2 Å². The Labute approximate surface area is 279 Å². The first kappa shape index (κ1) is 30.8. The second-order valence-electron chi connectivity index (χ2n) is 9.98. The van der Waals surface area contributed by atoms with Crippen molar-refractivity contribution in [2.24, 2.45) is 0 Å². The van der Waals surface area contributed by atoms with E-state index in [1.54, 1.807) is 35.3 Å². The number of benzene rings is 3. The zero-order valence-electron chi connectivity index (χ0n) is 22.9. The summed E-state index contributed by atoms with van der Waals surface area (Å²) in [6, 6.07) is 24.7. The molecule has 3 aromatic carbocycles. The van der Waals surface area contributed by atoms with Gasteiger partial charge in [0.25, 0.3) is 0 Å². The highest BCUT2D eigenvalue weighted by atomic mass is 32.2. The maximum atomic E-state index is 6.00. The normalized spacial score (nSPS) is 22.0. The fraction of sp³-hybridized carbons (Fsp3) is 0.323. The summed E-state index contributed by atoms with van der Waals surface area (Å²) in [5.74, 6) is 4.82. The van der Waals surface area contributed by atoms with E-state index in [0.29, 0.717) is 33.0 Å². The van der Waals surface area contributed by atoms with E-state index in [1.807, 2.05) is 36.4 Å². The van der Waals surface area contributed by atoms with Crippen LogP contribution in [0.3, 0.4) is 0 Å². The molecule has 6 nitrogen and oxygen atoms in total. The molecule has 224 valence electrons. The zero-order chi connectivity index (χ0) is 29.6. The van der Waals surface area contributed by atoms with Crippen molar-refractivity contribution in [3.63, 3.8) is 0 Å². The van der Waals surface area contributed by atoms with Gasteiger partial charge in [-0.05, 0) is 89.7 Å². The summed E-state index contributed by atoms with van der Waals surface area (Å²) >= 11 is 20.0. The summed E-state index contributed by atoms with van der Waals surface area (Å²) < 4.78 is 36.6. The van der Waals surface area contributed by atoms with Crippen LogP contribution < -0.4 is 14.2 Å². The Morgan fingerprint density at radius 2 is 0.791 bits per heavy atom. The first-order chi connectivity index (χ1) is 21.0. The van der Waals surface area contributed by atoms with Gasteiger partial charge in [0.2, 0.25) is 13.1 Å². The summed E-state index contributed by atoms with van der Waals surface area (Å²) in [6.07, 6.45) is -0.0484. The fourth-order valence-corrected chi connectivity index (χ4v) is 7.85. The zero-order valence-corrected chi connectivity index (χ0v) is 27.8. The van der Waals surface area contributed by atoms with Gasteiger partial charge in [-0.3, -0.25) is 0 Å². The Morgan fingerprint density at radius 1 is 0.512 bits per heavy atom. The van der Waals surface area contributed by atoms with Crippen LogP contribution in [0.1, 0.15) is 22.6 Å². The summed E-state index contributed by atoms with van der Waals surface area (Å²) in [6.45, 7) is 1.39. The van der Waals surface area contributed by atoms with E-state index in [0.717, 1.165) is 51.2 Å². The molecule has 3 aliphatic heterocycles. The van der Waals surface area contributed by atoms with Gasteiger partial charge in [-0.1, -0.05) is 71.7 Å². The van der Waals surface area contributed by atoms with Crippen LogP contribution in [0.2, 0.25) is 0 Å². The Balaban J connectivity index is 1.16. The van der Waals surface area contributed by atoms with E-state index in [4.69, 9.17) is 65.1 Å². The Morgan fingerprint density at radius 3 is 1.02 bits per heavy atom. The second kappa shape index (κ2) is 14.7. The molecule has 6 rings (SSSR count). The number of ether oxygens (including phenoxy) is 6. The third-order valence-electron chi connectivity index (χ3n) is 6.90. The third kappa shape index (κ3) is 8.49. The SMILES string of the molecule is S=C1OC(COc2ccc(C(c3ccc(OCC4CSC(=S)O4)cc3)c3ccc(OCC4CSC(=S)O4)cc3)cc2)CS1. The average molecular weight is 689 g/mol. The van der Waals surface area contributed by atoms with Crippen LogP contribution in [-0.2, 0) is 14.2 Å². The second-order valence-corrected chi connectivity index (χ2v) is 14.8. The largest absolute Gasteiger partial charge is 0.490 e. The lowest BCUT2D eigenvalue weighted by molar-refractivity contribution is 0.151. The third-order valence-corrected chi connectivity index (χ3v) is 10.9. The van der Waals surface area contributed by atoms with Crippen molar-refractivity contribution in [2.75, 3.05) is 37.1 Å². The van der Waals surface area contributed by atoms with Crippen molar-refractivity contribution in [2.45, 2.75) is 24.2 Å². The van der Waals surface area contributed by atoms with Gasteiger partial charge >= 0.3 is 0 Å². The lowest BCUT2D eigenvalue weighted by Gasteiger charge is -2.21. The number of hydrogen-bond donors (Lipinski definition) is 0. The molecule has 3 fully saturated rings. The van der Waals surface area contributed by atoms with Crippen molar-refractivity contribution in [1.29, 1.82) is 0 Å². The van der Waals surface area contributed by atoms with Gasteiger partial charge < -0.3 is 28.4 Å². The van der Waals surface area contributed by atoms with Gasteiger partial charge in [0, 0.05) is 23.2 Å². The molecule has 3 heterocycles. The Bertz CT molecular complexity index is 1260. The maximum absolute atomic E-state index is 6.00. The van der Waals surface area contributed by atoms with Crippen LogP contribution in [0.25, 0.3) is 0 Å². The van der Waals surface area contributed by atoms with Gasteiger partial charge in [0.05, 0.1) is 0 Å². The number of thiocarbonyl (C=S) groups is 3. The molecule has 0 bridgehead atoms. The van der Waals surface area contributed by atoms with E-state index < -0.39 is 0 Å². The summed E-state index contributed by atoms with van der Waals surface area (Å²) in [5.41, 5.74) is 3.41. The lowest BCUT2D eigenvalue weighted by Crippen LogP contribution is -2.19. The minimum atomic E-state index is -0.0161. The predicted molar refractivity (Wildman–Crippen MR) is 187 cm³/mol. The Hall–Kier alpha value is -2.22. The van der Waals surface area contributed by atoms with Gasteiger partial charge in [-0.2, -0.15) is 0 Å². The van der Waals surface area contributed by atoms with Gasteiger partial charge in [0.15, 0.2) is 0 Å². The molecule has 0 spiro atoms. The molecule has 0 saturated carbocycles. The van der Waals surface area contributed by atoms with Crippen molar-refractivity contribution in [1.82, 2.24) is 0 Å². The smallest absolute Gasteiger partial charge is 0.220 e. The summed E-state index contributed by atoms with van der Waals surface area (Å²) in [7, 11) is 0. The average Bonchev–Trinajstić information content (AvgIpc) is 3.77. The van der Waals surface area contributed by atoms with Crippen LogP contribution in [0, 0.1) is 0 Å². The standard InChI is InChI=1S/C31H28O6S6/c38-29-35-25(16-41-29)13-32-22-7-1-19(2-8-22)28(20-3-9-23(10-4-20)33-14-26-17-42-30(39)36-26)21-5-11-24(12-6-21)34-15-27-18-43-31(40)37-27/h1-12,25-28H,13-18H2. The molecule has 12 heteroatoms. The molecule has 3 unspecified atom stereocenters. The molecular formula is C31H28O6S6. The van der Waals surface area contributed by atoms with Crippen molar-refractivity contribution < 1.29 is 28.4 Å². The van der Waals surface area contributed by atoms with Gasteiger partial charge in [-0.15, -0.1) is 0 Å². The summed E-state index contributed by atoms with van der Waals surface area (Å²) in [4.78, 5) is 0. The van der Waals surface area contributed by atoms with Gasteiger partial charge in [-0.25, -0.2) is 0 Å². The van der Waals surface area contributed by atoms with Crippen LogP contribution in [0.15, 0.2) is 72.8 Å². The molecule has 0 radical (unpaired) electrons. The predicted octanol–water partition coefficient (Wildman–Crippen LogP) is 7.25. The number of hydrogen-bond acceptors (Lipinski definition) is 12. The topological polar surface area (TPSA) is 55.4 Å². The molecule has 3 atom stereocenters. The highest BCUT2D eigenvalue weighted by Crippen LogP contribution is 2.35. The van der Waals surface area contributed by atoms with E-state index >= 15 is 0 Å². The molecule has 0 N–H and O–H groups in total. The van der Waals surface area contributed by atoms with Crippen LogP contribution >= 0.6 is 71.9 Å². The van der Waals surface area contributed by atoms with Crippen molar-refractivity contribution >= 4 is 85.1 Å². The van der Waals surface area contributed by atoms with E-state index in [1.165, 1.54) is 0 Å². The molecule has 3 aromatic rings. The van der Waals surface area contributed by atoms with Crippen LogP contribution in [-0.4, -0.2) is 68.5 Å². The molecule has 3 aliphatic rings. The van der Waals surface area contributed by atoms with E-state index in [2.05, 4.69) is 36.4 Å². The van der Waals surface area contributed by atoms with E-state index in [9.17, 15) is 0 Å². The molecule has 43 heavy (non-hydrogen) atoms. The van der Waals surface area contributed by atoms with Gasteiger partial charge in [0.1, 0.15) is 55.4 Å². The molecule has 0 amide bonds. The summed E-state index contributed by atoms with van der Waals surface area (Å²) in [5, 5.41) is 0. The minimum Gasteiger partial charge on any atom is -0.490 e. The number of rotatable bonds is 12. The van der Waals surface area contributed by atoms with Crippen LogP contribution in [0.4, 0.5) is 0 Å². The molecule has 0 aliphatic carbocycles. The Kier molecular flexibility index (Phi) is 10.5. The maximum Gasteiger partial charge on any atom is 0.220 e. The highest BCUT2D eigenvalue weighted by molar-refractivity contribution is 8.23. The molecule has 3 saturated heterocycles. The first-order valence-corrected chi connectivity index (χ1v) is 17.8. The molecule has 0 aromatic heterocycles. The highest BCUT2D eigenvalue weighted by Gasteiger charge is 2.24. The quantitative estimate of drug-likeness (QED) is 0.142. The number of thioether (sulfide) groups is 3. The van der Waals surface area contributed by atoms with E-state index in [-0.39, 0.29) is 24.2 Å². The van der Waals surface area contributed by atoms with Crippen molar-refractivity contribution in [3.8, 4) is 17.2 Å². The minimum absolute atomic E-state index is 0.0111. The fourth-order valence-electron chi connectivity index (χ4n) is 4.76. The molecular weight excluding hydrogens is 661 g/mol. The monoisotopic (exact) mass is 688 g/mol.